The van der Waals surface area contributed by atoms with E-state index in [4.69, 9.17) is 0 Å². The molecule has 2 rings (SSSR count). The third kappa shape index (κ3) is 3.38. The maximum absolute atomic E-state index is 9.30. The molecule has 2 nitrogen and oxygen atoms in total. The fraction of sp³-hybridized carbons (Fsp3) is 0.533. The highest BCUT2D eigenvalue weighted by atomic mass is 127. The van der Waals surface area contributed by atoms with Gasteiger partial charge in [-0.2, -0.15) is 5.26 Å². The lowest BCUT2D eigenvalue weighted by molar-refractivity contribution is 0.514. The van der Waals surface area contributed by atoms with Crippen LogP contribution in [0.1, 0.15) is 37.7 Å². The summed E-state index contributed by atoms with van der Waals surface area (Å²) in [5, 5.41) is 12.9. The number of nitriles is 1. The second-order valence-corrected chi connectivity index (χ2v) is 6.33. The number of anilines is 1. The molecule has 0 heterocycles. The van der Waals surface area contributed by atoms with E-state index in [-0.39, 0.29) is 5.92 Å². The van der Waals surface area contributed by atoms with E-state index >= 15 is 0 Å². The molecule has 0 spiro atoms. The number of hydrogen-bond donors (Lipinski definition) is 1. The first-order valence-electron chi connectivity index (χ1n) is 6.63. The van der Waals surface area contributed by atoms with Crippen molar-refractivity contribution < 1.29 is 0 Å². The number of halogens is 1. The molecule has 1 fully saturated rings. The van der Waals surface area contributed by atoms with Gasteiger partial charge in [-0.05, 0) is 60.1 Å². The van der Waals surface area contributed by atoms with Gasteiger partial charge in [-0.15, -0.1) is 0 Å². The summed E-state index contributed by atoms with van der Waals surface area (Å²) < 4.78 is 1.24. The van der Waals surface area contributed by atoms with Crippen LogP contribution in [0, 0.1) is 27.7 Å². The molecule has 0 aromatic heterocycles. The van der Waals surface area contributed by atoms with Crippen molar-refractivity contribution in [3.05, 3.63) is 27.3 Å². The van der Waals surface area contributed by atoms with Crippen LogP contribution in [0.25, 0.3) is 0 Å². The Kier molecular flexibility index (Phi) is 4.87. The maximum Gasteiger partial charge on any atom is 0.0677 e. The summed E-state index contributed by atoms with van der Waals surface area (Å²) in [6.07, 6.45) is 5.85. The van der Waals surface area contributed by atoms with Crippen LogP contribution in [-0.2, 0) is 0 Å². The number of benzene rings is 1. The molecule has 0 saturated heterocycles. The van der Waals surface area contributed by atoms with Gasteiger partial charge in [0.1, 0.15) is 0 Å². The van der Waals surface area contributed by atoms with E-state index in [0.717, 1.165) is 12.8 Å². The molecular formula is C15H19IN2. The van der Waals surface area contributed by atoms with Crippen molar-refractivity contribution in [2.45, 2.75) is 45.1 Å². The minimum Gasteiger partial charge on any atom is -0.381 e. The van der Waals surface area contributed by atoms with Gasteiger partial charge in [-0.25, -0.2) is 0 Å². The number of rotatable bonds is 2. The average Bonchev–Trinajstić information content (AvgIpc) is 2.59. The summed E-state index contributed by atoms with van der Waals surface area (Å²) in [5.74, 6) is 0.157. The van der Waals surface area contributed by atoms with Gasteiger partial charge in [0.05, 0.1) is 12.0 Å². The summed E-state index contributed by atoms with van der Waals surface area (Å²) in [6, 6.07) is 9.24. The molecule has 18 heavy (non-hydrogen) atoms. The van der Waals surface area contributed by atoms with E-state index in [2.05, 4.69) is 59.1 Å². The van der Waals surface area contributed by atoms with Crippen LogP contribution in [0.15, 0.2) is 18.2 Å². The standard InChI is InChI=1S/C15H19IN2/c1-11-7-8-13(16)9-15(11)18-14-6-4-2-3-5-12(14)10-17/h7-9,12,14,18H,2-6H2,1H3. The summed E-state index contributed by atoms with van der Waals surface area (Å²) >= 11 is 2.33. The van der Waals surface area contributed by atoms with Crippen molar-refractivity contribution in [2.75, 3.05) is 5.32 Å². The minimum absolute atomic E-state index is 0.157. The van der Waals surface area contributed by atoms with E-state index in [0.29, 0.717) is 6.04 Å². The quantitative estimate of drug-likeness (QED) is 0.628. The highest BCUT2D eigenvalue weighted by Crippen LogP contribution is 2.27. The number of nitrogens with one attached hydrogen (secondary N) is 1. The van der Waals surface area contributed by atoms with Crippen LogP contribution in [0.5, 0.6) is 0 Å². The summed E-state index contributed by atoms with van der Waals surface area (Å²) in [4.78, 5) is 0. The monoisotopic (exact) mass is 354 g/mol. The fourth-order valence-electron chi connectivity index (χ4n) is 2.58. The number of hydrogen-bond acceptors (Lipinski definition) is 2. The van der Waals surface area contributed by atoms with E-state index in [1.807, 2.05) is 0 Å². The van der Waals surface area contributed by atoms with Gasteiger partial charge in [0, 0.05) is 15.3 Å². The molecule has 1 aromatic rings. The molecule has 1 aromatic carbocycles. The Morgan fingerprint density at radius 1 is 1.28 bits per heavy atom. The second kappa shape index (κ2) is 6.42. The molecule has 0 bridgehead atoms. The normalized spacial score (nSPS) is 24.1. The van der Waals surface area contributed by atoms with Crippen molar-refractivity contribution in [1.82, 2.24) is 0 Å². The summed E-state index contributed by atoms with van der Waals surface area (Å²) in [6.45, 7) is 2.12. The van der Waals surface area contributed by atoms with Crippen molar-refractivity contribution in [3.63, 3.8) is 0 Å². The highest BCUT2D eigenvalue weighted by Gasteiger charge is 2.23. The SMILES string of the molecule is Cc1ccc(I)cc1NC1CCCCCC1C#N. The molecule has 0 aliphatic heterocycles. The lowest BCUT2D eigenvalue weighted by Crippen LogP contribution is -2.27. The largest absolute Gasteiger partial charge is 0.381 e. The molecule has 2 unspecified atom stereocenters. The zero-order valence-electron chi connectivity index (χ0n) is 10.7. The van der Waals surface area contributed by atoms with Gasteiger partial charge in [0.25, 0.3) is 0 Å². The summed E-state index contributed by atoms with van der Waals surface area (Å²) in [7, 11) is 0. The lowest BCUT2D eigenvalue weighted by Gasteiger charge is -2.23. The topological polar surface area (TPSA) is 35.8 Å². The Hall–Kier alpha value is -0.760. The molecule has 96 valence electrons. The molecule has 3 heteroatoms. The molecule has 2 atom stereocenters. The minimum atomic E-state index is 0.157. The second-order valence-electron chi connectivity index (χ2n) is 5.08. The van der Waals surface area contributed by atoms with E-state index in [1.54, 1.807) is 0 Å². The van der Waals surface area contributed by atoms with Gasteiger partial charge in [-0.3, -0.25) is 0 Å². The van der Waals surface area contributed by atoms with Gasteiger partial charge >= 0.3 is 0 Å². The number of nitrogens with zero attached hydrogens (tertiary/aromatic N) is 1. The van der Waals surface area contributed by atoms with Crippen LogP contribution >= 0.6 is 22.6 Å². The zero-order chi connectivity index (χ0) is 13.0. The van der Waals surface area contributed by atoms with Gasteiger partial charge in [0.15, 0.2) is 0 Å². The van der Waals surface area contributed by atoms with Gasteiger partial charge < -0.3 is 5.32 Å². The molecule has 1 aliphatic carbocycles. The van der Waals surface area contributed by atoms with Crippen LogP contribution in [0.4, 0.5) is 5.69 Å². The summed E-state index contributed by atoms with van der Waals surface area (Å²) in [5.41, 5.74) is 2.45. The molecule has 1 N–H and O–H groups in total. The molecular weight excluding hydrogens is 335 g/mol. The van der Waals surface area contributed by atoms with Crippen LogP contribution in [-0.4, -0.2) is 6.04 Å². The third-order valence-corrected chi connectivity index (χ3v) is 4.39. The van der Waals surface area contributed by atoms with E-state index in [1.165, 1.54) is 34.1 Å². The Morgan fingerprint density at radius 3 is 2.83 bits per heavy atom. The molecule has 1 saturated carbocycles. The van der Waals surface area contributed by atoms with E-state index in [9.17, 15) is 5.26 Å². The molecule has 0 radical (unpaired) electrons. The first-order chi connectivity index (χ1) is 8.70. The predicted molar refractivity (Wildman–Crippen MR) is 83.5 cm³/mol. The van der Waals surface area contributed by atoms with Crippen LogP contribution in [0.3, 0.4) is 0 Å². The van der Waals surface area contributed by atoms with Gasteiger partial charge in [0.2, 0.25) is 0 Å². The van der Waals surface area contributed by atoms with Crippen molar-refractivity contribution >= 4 is 28.3 Å². The smallest absolute Gasteiger partial charge is 0.0677 e. The fourth-order valence-corrected chi connectivity index (χ4v) is 3.08. The van der Waals surface area contributed by atoms with E-state index < -0.39 is 0 Å². The Morgan fingerprint density at radius 2 is 2.06 bits per heavy atom. The Labute approximate surface area is 123 Å². The van der Waals surface area contributed by atoms with Crippen molar-refractivity contribution in [2.24, 2.45) is 5.92 Å². The maximum atomic E-state index is 9.30. The lowest BCUT2D eigenvalue weighted by atomic mass is 9.96. The van der Waals surface area contributed by atoms with Crippen LogP contribution < -0.4 is 5.32 Å². The Bertz CT molecular complexity index is 450. The molecule has 1 aliphatic rings. The van der Waals surface area contributed by atoms with Crippen LogP contribution in [0.2, 0.25) is 0 Å². The number of aryl methyl sites for hydroxylation is 1. The third-order valence-electron chi connectivity index (χ3n) is 3.72. The predicted octanol–water partition coefficient (Wildman–Crippen LogP) is 4.48. The Balaban J connectivity index is 2.15. The van der Waals surface area contributed by atoms with Crippen molar-refractivity contribution in [1.29, 1.82) is 5.26 Å². The first-order valence-corrected chi connectivity index (χ1v) is 7.71. The first kappa shape index (κ1) is 13.7. The zero-order valence-corrected chi connectivity index (χ0v) is 12.9. The van der Waals surface area contributed by atoms with Gasteiger partial charge in [-0.1, -0.05) is 25.3 Å². The average molecular weight is 354 g/mol. The molecule has 0 amide bonds. The highest BCUT2D eigenvalue weighted by molar-refractivity contribution is 14.1. The van der Waals surface area contributed by atoms with Crippen molar-refractivity contribution in [3.8, 4) is 6.07 Å².